The summed E-state index contributed by atoms with van der Waals surface area (Å²) in [6, 6.07) is 0. The van der Waals surface area contributed by atoms with Crippen molar-refractivity contribution in [1.82, 2.24) is 0 Å². The minimum absolute atomic E-state index is 0.0239. The molecule has 0 aliphatic heterocycles. The van der Waals surface area contributed by atoms with Gasteiger partial charge in [-0.05, 0) is 6.42 Å². The molecule has 0 amide bonds. The molecule has 1 aliphatic carbocycles. The topological polar surface area (TPSA) is 19.9 Å². The van der Waals surface area contributed by atoms with Crippen LogP contribution >= 0.6 is 23.2 Å². The van der Waals surface area contributed by atoms with Crippen LogP contribution in [0.1, 0.15) is 6.42 Å². The predicted molar refractivity (Wildman–Crippen MR) is 28.1 cm³/mol. The van der Waals surface area contributed by atoms with E-state index in [9.17, 15) is 5.11 Å². The quantitative estimate of drug-likeness (QED) is 0.493. The van der Waals surface area contributed by atoms with Gasteiger partial charge < -0.3 is 0 Å². The van der Waals surface area contributed by atoms with Gasteiger partial charge >= 0.3 is 0 Å². The van der Waals surface area contributed by atoms with E-state index < -0.39 is 4.33 Å². The Kier molecular flexibility index (Phi) is 1.22. The van der Waals surface area contributed by atoms with Gasteiger partial charge in [0.2, 0.25) is 0 Å². The molecule has 1 radical (unpaired) electrons. The Bertz CT molecular complexity index is 81.8. The molecule has 0 bridgehead atoms. The maximum atomic E-state index is 9.94. The summed E-state index contributed by atoms with van der Waals surface area (Å²) in [5, 5.41) is 9.94. The molecule has 1 aliphatic rings. The van der Waals surface area contributed by atoms with E-state index in [4.69, 9.17) is 23.2 Å². The van der Waals surface area contributed by atoms with Crippen LogP contribution < -0.4 is 0 Å². The van der Waals surface area contributed by atoms with Crippen molar-refractivity contribution in [3.63, 3.8) is 0 Å². The van der Waals surface area contributed by atoms with Gasteiger partial charge in [0, 0.05) is 5.92 Å². The van der Waals surface area contributed by atoms with E-state index in [1.54, 1.807) is 0 Å². The van der Waals surface area contributed by atoms with Gasteiger partial charge in [-0.25, -0.2) is 5.11 Å². The average Bonchev–Trinajstić information content (AvgIpc) is 2.13. The van der Waals surface area contributed by atoms with E-state index >= 15 is 0 Å². The van der Waals surface area contributed by atoms with Gasteiger partial charge in [0.15, 0.2) is 0 Å². The Balaban J connectivity index is 2.30. The second-order valence-electron chi connectivity index (χ2n) is 1.83. The van der Waals surface area contributed by atoms with Crippen molar-refractivity contribution in [2.24, 2.45) is 5.92 Å². The fourth-order valence-electron chi connectivity index (χ4n) is 0.450. The minimum Gasteiger partial charge on any atom is -0.236 e. The highest BCUT2D eigenvalue weighted by atomic mass is 35.5. The molecule has 1 nitrogen and oxygen atoms in total. The van der Waals surface area contributed by atoms with E-state index in [1.807, 2.05) is 0 Å². The van der Waals surface area contributed by atoms with E-state index in [1.165, 1.54) is 0 Å². The third-order valence-electron chi connectivity index (χ3n) is 1.16. The highest BCUT2D eigenvalue weighted by molar-refractivity contribution is 6.50. The van der Waals surface area contributed by atoms with Gasteiger partial charge in [0.25, 0.3) is 0 Å². The molecular weight excluding hydrogens is 135 g/mol. The zero-order valence-electron chi connectivity index (χ0n) is 3.66. The summed E-state index contributed by atoms with van der Waals surface area (Å²) in [6.07, 6.45) is 0.680. The SMILES string of the molecule is [O]CC1CC1(Cl)Cl. The van der Waals surface area contributed by atoms with Gasteiger partial charge in [-0.1, -0.05) is 0 Å². The molecule has 1 atom stereocenters. The molecule has 1 rings (SSSR count). The number of rotatable bonds is 1. The van der Waals surface area contributed by atoms with E-state index in [-0.39, 0.29) is 12.5 Å². The lowest BCUT2D eigenvalue weighted by atomic mass is 10.5. The number of halogens is 2. The Morgan fingerprint density at radius 2 is 2.14 bits per heavy atom. The highest BCUT2D eigenvalue weighted by Crippen LogP contribution is 2.52. The van der Waals surface area contributed by atoms with Crippen molar-refractivity contribution in [3.8, 4) is 0 Å². The predicted octanol–water partition coefficient (Wildman–Crippen LogP) is 1.61. The summed E-state index contributed by atoms with van der Waals surface area (Å²) in [4.78, 5) is 0. The lowest BCUT2D eigenvalue weighted by molar-refractivity contribution is 0.178. The van der Waals surface area contributed by atoms with E-state index in [2.05, 4.69) is 0 Å². The second-order valence-corrected chi connectivity index (χ2v) is 3.37. The molecule has 7 heavy (non-hydrogen) atoms. The molecule has 0 N–H and O–H groups in total. The summed E-state index contributed by atoms with van der Waals surface area (Å²) in [5.74, 6) is 0.0239. The average molecular weight is 140 g/mol. The number of alkyl halides is 2. The smallest absolute Gasteiger partial charge is 0.124 e. The molecule has 1 fully saturated rings. The molecule has 0 aromatic carbocycles. The van der Waals surface area contributed by atoms with Gasteiger partial charge in [-0.3, -0.25) is 0 Å². The third kappa shape index (κ3) is 1.01. The summed E-state index contributed by atoms with van der Waals surface area (Å²) < 4.78 is -0.651. The minimum atomic E-state index is -0.651. The number of hydrogen-bond donors (Lipinski definition) is 0. The number of hydrogen-bond acceptors (Lipinski definition) is 0. The first-order valence-electron chi connectivity index (χ1n) is 2.13. The van der Waals surface area contributed by atoms with Crippen LogP contribution in [0.2, 0.25) is 0 Å². The van der Waals surface area contributed by atoms with E-state index in [0.29, 0.717) is 6.42 Å². The molecule has 1 unspecified atom stereocenters. The third-order valence-corrected chi connectivity index (χ3v) is 2.08. The molecular formula is C4H5Cl2O. The largest absolute Gasteiger partial charge is 0.236 e. The van der Waals surface area contributed by atoms with Crippen LogP contribution in [0.25, 0.3) is 0 Å². The standard InChI is InChI=1S/C4H5Cl2O/c5-4(6)1-3(4)2-7/h3H,1-2H2. The molecule has 0 aromatic rings. The Hall–Kier alpha value is 0.540. The molecule has 0 saturated heterocycles. The van der Waals surface area contributed by atoms with Crippen molar-refractivity contribution in [2.75, 3.05) is 6.61 Å². The van der Waals surface area contributed by atoms with Crippen molar-refractivity contribution < 1.29 is 5.11 Å². The van der Waals surface area contributed by atoms with Crippen molar-refractivity contribution in [2.45, 2.75) is 10.8 Å². The van der Waals surface area contributed by atoms with Gasteiger partial charge in [0.05, 0.1) is 6.61 Å². The van der Waals surface area contributed by atoms with Crippen LogP contribution in [0.15, 0.2) is 0 Å². The summed E-state index contributed by atoms with van der Waals surface area (Å²) in [7, 11) is 0. The lowest BCUT2D eigenvalue weighted by Gasteiger charge is -1.88. The van der Waals surface area contributed by atoms with Gasteiger partial charge in [-0.2, -0.15) is 0 Å². The Morgan fingerprint density at radius 1 is 1.71 bits per heavy atom. The van der Waals surface area contributed by atoms with Crippen molar-refractivity contribution in [3.05, 3.63) is 0 Å². The summed E-state index contributed by atoms with van der Waals surface area (Å²) in [6.45, 7) is -0.132. The first-order valence-corrected chi connectivity index (χ1v) is 2.88. The molecule has 3 heteroatoms. The molecule has 41 valence electrons. The highest BCUT2D eigenvalue weighted by Gasteiger charge is 2.51. The summed E-state index contributed by atoms with van der Waals surface area (Å²) >= 11 is 10.9. The lowest BCUT2D eigenvalue weighted by Crippen LogP contribution is -1.92. The van der Waals surface area contributed by atoms with Crippen LogP contribution in [0.5, 0.6) is 0 Å². The first kappa shape index (κ1) is 5.67. The second kappa shape index (κ2) is 1.51. The van der Waals surface area contributed by atoms with Crippen molar-refractivity contribution in [1.29, 1.82) is 0 Å². The van der Waals surface area contributed by atoms with Crippen LogP contribution in [0.4, 0.5) is 0 Å². The van der Waals surface area contributed by atoms with Crippen LogP contribution in [-0.2, 0) is 5.11 Å². The molecule has 0 spiro atoms. The molecule has 0 aromatic heterocycles. The van der Waals surface area contributed by atoms with Crippen molar-refractivity contribution >= 4 is 23.2 Å². The van der Waals surface area contributed by atoms with Gasteiger partial charge in [0.1, 0.15) is 4.33 Å². The van der Waals surface area contributed by atoms with Crippen LogP contribution in [0.3, 0.4) is 0 Å². The van der Waals surface area contributed by atoms with E-state index in [0.717, 1.165) is 0 Å². The first-order chi connectivity index (χ1) is 3.17. The van der Waals surface area contributed by atoms with Crippen LogP contribution in [-0.4, -0.2) is 10.9 Å². The normalized spacial score (nSPS) is 35.6. The zero-order chi connectivity index (χ0) is 5.49. The molecule has 1 saturated carbocycles. The zero-order valence-corrected chi connectivity index (χ0v) is 5.17. The monoisotopic (exact) mass is 139 g/mol. The Labute approximate surface area is 52.2 Å². The summed E-state index contributed by atoms with van der Waals surface area (Å²) in [5.41, 5.74) is 0. The fraction of sp³-hybridized carbons (Fsp3) is 1.00. The van der Waals surface area contributed by atoms with Gasteiger partial charge in [-0.15, -0.1) is 23.2 Å². The Morgan fingerprint density at radius 3 is 2.14 bits per heavy atom. The molecule has 0 heterocycles. The maximum Gasteiger partial charge on any atom is 0.124 e. The maximum absolute atomic E-state index is 9.94. The van der Waals surface area contributed by atoms with Crippen LogP contribution in [0, 0.1) is 5.92 Å². The fourth-order valence-corrected chi connectivity index (χ4v) is 0.949.